The summed E-state index contributed by atoms with van der Waals surface area (Å²) in [7, 11) is -4.05. The minimum atomic E-state index is -5.77. The number of carbonyl (C=O) groups is 2. The average molecular weight is 767 g/mol. The third-order valence-electron chi connectivity index (χ3n) is 10.4. The second-order valence-electron chi connectivity index (χ2n) is 14.8. The van der Waals surface area contributed by atoms with Crippen molar-refractivity contribution in [2.75, 3.05) is 19.6 Å². The number of hydrogen-bond acceptors (Lipinski definition) is 7. The average Bonchev–Trinajstić information content (AvgIpc) is 3.35. The summed E-state index contributed by atoms with van der Waals surface area (Å²) in [6, 6.07) is 16.7. The molecule has 0 saturated carbocycles. The predicted octanol–water partition coefficient (Wildman–Crippen LogP) is 7.36. The second kappa shape index (κ2) is 16.3. The zero-order valence-electron chi connectivity index (χ0n) is 30.9. The van der Waals surface area contributed by atoms with E-state index in [1.54, 1.807) is 27.8 Å². The first kappa shape index (κ1) is 41.3. The molecule has 3 atom stereocenters. The van der Waals surface area contributed by atoms with E-state index in [2.05, 4.69) is 46.8 Å². The van der Waals surface area contributed by atoms with E-state index in [-0.39, 0.29) is 30.8 Å². The van der Waals surface area contributed by atoms with Gasteiger partial charge in [-0.3, -0.25) is 9.47 Å². The fraction of sp³-hybridized carbons (Fsp3) is 0.541. The molecule has 0 radical (unpaired) electrons. The number of carbonyl (C=O) groups excluding carboxylic acids is 1. The number of hydrogen-bond donors (Lipinski definition) is 2. The zero-order chi connectivity index (χ0) is 39.4. The Balaban J connectivity index is 0.000000253. The van der Waals surface area contributed by atoms with E-state index in [4.69, 9.17) is 4.42 Å². The van der Waals surface area contributed by atoms with Gasteiger partial charge in [-0.05, 0) is 86.6 Å². The topological polar surface area (TPSA) is 151 Å². The molecule has 3 heterocycles. The van der Waals surface area contributed by atoms with E-state index in [1.165, 1.54) is 22.6 Å². The van der Waals surface area contributed by atoms with Gasteiger partial charge < -0.3 is 23.9 Å². The largest absolute Gasteiger partial charge is 0.534 e. The highest BCUT2D eigenvalue weighted by Gasteiger charge is 2.52. The number of nitrogens with zero attached hydrogens (tertiary/aromatic N) is 3. The van der Waals surface area contributed by atoms with E-state index in [9.17, 15) is 41.1 Å². The van der Waals surface area contributed by atoms with Crippen molar-refractivity contribution in [3.63, 3.8) is 0 Å². The molecule has 1 fully saturated rings. The van der Waals surface area contributed by atoms with Gasteiger partial charge in [-0.2, -0.15) is 21.6 Å². The van der Waals surface area contributed by atoms with Crippen LogP contribution < -0.4 is 11.1 Å². The molecule has 5 rings (SSSR count). The Kier molecular flexibility index (Phi) is 12.7. The number of aromatic nitrogens is 1. The number of urea groups is 1. The molecule has 1 aromatic heterocycles. The normalized spacial score (nSPS) is 21.0. The van der Waals surface area contributed by atoms with Crippen molar-refractivity contribution in [3.05, 3.63) is 82.0 Å². The molecule has 0 bridgehead atoms. The molecule has 16 heteroatoms. The number of unbranched alkanes of at least 4 members (excludes halogenated alkanes) is 1. The smallest absolute Gasteiger partial charge is 0.465 e. The molecule has 53 heavy (non-hydrogen) atoms. The first-order valence-corrected chi connectivity index (χ1v) is 18.9. The van der Waals surface area contributed by atoms with Crippen molar-refractivity contribution in [2.24, 2.45) is 12.5 Å². The Morgan fingerprint density at radius 1 is 1.09 bits per heavy atom. The Morgan fingerprint density at radius 2 is 1.77 bits per heavy atom. The molecule has 292 valence electrons. The Morgan fingerprint density at radius 3 is 2.38 bits per heavy atom. The van der Waals surface area contributed by atoms with Crippen molar-refractivity contribution in [2.45, 2.75) is 96.2 Å². The van der Waals surface area contributed by atoms with Crippen LogP contribution in [0.5, 0.6) is 0 Å². The number of amides is 3. The molecule has 2 aromatic carbocycles. The standard InChI is InChI=1S/C25H31N3O3.C12H18F3NO5S/c1-18-16-21(20-11-12-22-23(17-20)31-25(30)27(22)2)13-15-28(18)24(29)26-14-7-6-10-19-8-4-3-5-9-19;1-10(2,3)11(4)7-8(5-6-16(11)9(17)18)21-22(19,20)12(13,14)15/h3-5,8-9,11-12,17-18,21H,6-7,10,13-16H2,1-2H3,(H,26,29);5H,6-7H2,1-4H3,(H,17,18)/t18-,21?;11-/m00/s1. The summed E-state index contributed by atoms with van der Waals surface area (Å²) < 4.78 is 70.3. The van der Waals surface area contributed by atoms with E-state index < -0.39 is 38.4 Å². The van der Waals surface area contributed by atoms with Gasteiger partial charge >= 0.3 is 33.5 Å². The number of carboxylic acid groups (broad SMARTS) is 1. The van der Waals surface area contributed by atoms with Crippen LogP contribution in [0.1, 0.15) is 83.8 Å². The van der Waals surface area contributed by atoms with Crippen LogP contribution in [0.25, 0.3) is 11.1 Å². The van der Waals surface area contributed by atoms with Gasteiger partial charge in [-0.1, -0.05) is 57.2 Å². The van der Waals surface area contributed by atoms with Gasteiger partial charge in [-0.25, -0.2) is 14.4 Å². The van der Waals surface area contributed by atoms with Crippen LogP contribution in [0.2, 0.25) is 0 Å². The molecule has 1 unspecified atom stereocenters. The van der Waals surface area contributed by atoms with E-state index in [0.717, 1.165) is 55.1 Å². The molecule has 0 spiro atoms. The molecule has 1 saturated heterocycles. The van der Waals surface area contributed by atoms with Crippen LogP contribution in [-0.4, -0.2) is 76.7 Å². The Bertz CT molecular complexity index is 1950. The van der Waals surface area contributed by atoms with Gasteiger partial charge in [0.1, 0.15) is 5.76 Å². The number of fused-ring (bicyclic) bond motifs is 1. The lowest BCUT2D eigenvalue weighted by Gasteiger charge is -2.50. The highest BCUT2D eigenvalue weighted by atomic mass is 32.2. The van der Waals surface area contributed by atoms with Gasteiger partial charge in [0.25, 0.3) is 0 Å². The maximum Gasteiger partial charge on any atom is 0.534 e. The van der Waals surface area contributed by atoms with Crippen LogP contribution in [0, 0.1) is 5.41 Å². The fourth-order valence-corrected chi connectivity index (χ4v) is 7.19. The number of likely N-dealkylation sites (tertiary alicyclic amines) is 1. The number of aryl methyl sites for hydroxylation is 2. The van der Waals surface area contributed by atoms with Crippen LogP contribution in [0.3, 0.4) is 0 Å². The Hall–Kier alpha value is -4.47. The van der Waals surface area contributed by atoms with Gasteiger partial charge in [0, 0.05) is 39.1 Å². The first-order valence-electron chi connectivity index (χ1n) is 17.5. The summed E-state index contributed by atoms with van der Waals surface area (Å²) in [6.07, 6.45) is 4.42. The van der Waals surface area contributed by atoms with Gasteiger partial charge in [0.05, 0.1) is 11.1 Å². The van der Waals surface area contributed by atoms with E-state index >= 15 is 0 Å². The maximum atomic E-state index is 12.7. The fourth-order valence-electron chi connectivity index (χ4n) is 6.69. The molecule has 12 nitrogen and oxygen atoms in total. The summed E-state index contributed by atoms with van der Waals surface area (Å²) in [4.78, 5) is 38.7. The number of halogens is 3. The van der Waals surface area contributed by atoms with Crippen molar-refractivity contribution >= 4 is 33.3 Å². The van der Waals surface area contributed by atoms with Crippen LogP contribution in [0.15, 0.2) is 69.6 Å². The van der Waals surface area contributed by atoms with Crippen molar-refractivity contribution in [3.8, 4) is 0 Å². The van der Waals surface area contributed by atoms with Crippen LogP contribution >= 0.6 is 0 Å². The lowest BCUT2D eigenvalue weighted by Crippen LogP contribution is -2.59. The van der Waals surface area contributed by atoms with E-state index in [0.29, 0.717) is 18.0 Å². The summed E-state index contributed by atoms with van der Waals surface area (Å²) in [6.45, 7) is 9.98. The SMILES string of the molecule is CC(C)(C)[C@]1(C)CC(OS(=O)(=O)C(F)(F)F)=CCN1C(=O)O.C[C@H]1CC(c2ccc3c(c2)oc(=O)n3C)CCN1C(=O)NCCCCc1ccccc1. The van der Waals surface area contributed by atoms with Crippen molar-refractivity contribution < 1.29 is 44.9 Å². The number of nitrogens with one attached hydrogen (secondary N) is 1. The molecule has 2 aliphatic heterocycles. The number of benzene rings is 2. The minimum Gasteiger partial charge on any atom is -0.465 e. The molecular weight excluding hydrogens is 717 g/mol. The number of alkyl halides is 3. The lowest BCUT2D eigenvalue weighted by molar-refractivity contribution is -0.0539. The molecule has 2 aliphatic rings. The summed E-state index contributed by atoms with van der Waals surface area (Å²) >= 11 is 0. The van der Waals surface area contributed by atoms with Crippen molar-refractivity contribution in [1.82, 2.24) is 19.7 Å². The third kappa shape index (κ3) is 9.75. The van der Waals surface area contributed by atoms with Crippen LogP contribution in [0.4, 0.5) is 22.8 Å². The summed E-state index contributed by atoms with van der Waals surface area (Å²) in [5, 5.41) is 12.3. The molecule has 2 N–H and O–H groups in total. The Labute approximate surface area is 307 Å². The van der Waals surface area contributed by atoms with Gasteiger partial charge in [-0.15, -0.1) is 0 Å². The molecule has 0 aliphatic carbocycles. The van der Waals surface area contributed by atoms with E-state index in [1.807, 2.05) is 23.1 Å². The number of rotatable bonds is 8. The molecule has 3 aromatic rings. The minimum absolute atomic E-state index is 0.0372. The number of piperidine rings is 1. The maximum absolute atomic E-state index is 12.7. The lowest BCUT2D eigenvalue weighted by atomic mass is 9.70. The second-order valence-corrected chi connectivity index (χ2v) is 16.4. The van der Waals surface area contributed by atoms with Crippen molar-refractivity contribution in [1.29, 1.82) is 0 Å². The highest BCUT2D eigenvalue weighted by molar-refractivity contribution is 7.87. The quantitative estimate of drug-likeness (QED) is 0.137. The first-order chi connectivity index (χ1) is 24.6. The zero-order valence-corrected chi connectivity index (χ0v) is 31.7. The van der Waals surface area contributed by atoms with Gasteiger partial charge in [0.15, 0.2) is 5.58 Å². The summed E-state index contributed by atoms with van der Waals surface area (Å²) in [5.41, 5.74) is -3.35. The molecular formula is C37H49F3N4O8S. The molecule has 3 amide bonds. The van der Waals surface area contributed by atoms with Crippen LogP contribution in [-0.2, 0) is 27.8 Å². The predicted molar refractivity (Wildman–Crippen MR) is 194 cm³/mol. The van der Waals surface area contributed by atoms with Gasteiger partial charge in [0.2, 0.25) is 0 Å². The monoisotopic (exact) mass is 766 g/mol. The summed E-state index contributed by atoms with van der Waals surface area (Å²) in [5.74, 6) is -0.386. The third-order valence-corrected chi connectivity index (χ3v) is 11.4. The number of oxazole rings is 1. The highest BCUT2D eigenvalue weighted by Crippen LogP contribution is 2.44.